The van der Waals surface area contributed by atoms with Crippen LogP contribution in [0.5, 0.6) is 0 Å². The topological polar surface area (TPSA) is 110 Å². The molecule has 0 N–H and O–H groups in total. The Morgan fingerprint density at radius 2 is 1.91 bits per heavy atom. The van der Waals surface area contributed by atoms with Crippen LogP contribution < -0.4 is 0 Å². The van der Waals surface area contributed by atoms with Crippen LogP contribution in [-0.2, 0) is 38.1 Å². The quantitative estimate of drug-likeness (QED) is 0.607. The highest BCUT2D eigenvalue weighted by molar-refractivity contribution is 5.90. The molecule has 2 saturated heterocycles. The van der Waals surface area contributed by atoms with E-state index in [0.717, 1.165) is 18.4 Å². The smallest absolute Gasteiger partial charge is 0.304 e. The van der Waals surface area contributed by atoms with Gasteiger partial charge in [0.1, 0.15) is 5.60 Å². The van der Waals surface area contributed by atoms with Gasteiger partial charge in [0.2, 0.25) is 6.29 Å². The second-order valence-electron chi connectivity index (χ2n) is 10.2. The van der Waals surface area contributed by atoms with Gasteiger partial charge in [-0.3, -0.25) is 14.4 Å². The van der Waals surface area contributed by atoms with Crippen LogP contribution in [0, 0.1) is 23.2 Å². The summed E-state index contributed by atoms with van der Waals surface area (Å²) >= 11 is 0. The van der Waals surface area contributed by atoms with Crippen molar-refractivity contribution in [1.82, 2.24) is 0 Å². The predicted molar refractivity (Wildman–Crippen MR) is 115 cm³/mol. The summed E-state index contributed by atoms with van der Waals surface area (Å²) in [6.45, 7) is 6.66. The Kier molecular flexibility index (Phi) is 5.85. The molecule has 34 heavy (non-hydrogen) atoms. The lowest BCUT2D eigenvalue weighted by atomic mass is 9.48. The van der Waals surface area contributed by atoms with E-state index in [4.69, 9.17) is 28.1 Å². The zero-order valence-corrected chi connectivity index (χ0v) is 20.0. The van der Waals surface area contributed by atoms with Gasteiger partial charge in [-0.2, -0.15) is 0 Å². The molecule has 0 unspecified atom stereocenters. The van der Waals surface area contributed by atoms with E-state index in [1.165, 1.54) is 13.8 Å². The van der Waals surface area contributed by atoms with Gasteiger partial charge in [-0.25, -0.2) is 0 Å². The first-order chi connectivity index (χ1) is 16.2. The summed E-state index contributed by atoms with van der Waals surface area (Å²) in [5.41, 5.74) is -0.743. The predicted octanol–water partition coefficient (Wildman–Crippen LogP) is 3.32. The van der Waals surface area contributed by atoms with Crippen LogP contribution in [0.25, 0.3) is 0 Å². The van der Waals surface area contributed by atoms with Crippen molar-refractivity contribution in [1.29, 1.82) is 0 Å². The SMILES string of the molecule is CC(=O)O[C@@H]1O[C@H](c2ccoc2)C[C@]12[C@H](C)[C@@H](OC(C)=O)C(=O)[C@H]1[C@@H]2CCC[C@@]12CO[C@H](C)O2. The Hall–Kier alpha value is -2.23. The third kappa shape index (κ3) is 3.51. The van der Waals surface area contributed by atoms with Crippen molar-refractivity contribution in [3.8, 4) is 0 Å². The van der Waals surface area contributed by atoms with Gasteiger partial charge in [0.25, 0.3) is 0 Å². The molecule has 0 radical (unpaired) electrons. The molecule has 0 bridgehead atoms. The number of carbonyl (C=O) groups is 3. The molecule has 0 amide bonds. The van der Waals surface area contributed by atoms with Crippen LogP contribution in [-0.4, -0.2) is 48.6 Å². The largest absolute Gasteiger partial charge is 0.472 e. The molecule has 5 rings (SSSR count). The highest BCUT2D eigenvalue weighted by atomic mass is 16.7. The Morgan fingerprint density at radius 1 is 1.15 bits per heavy atom. The Balaban J connectivity index is 1.64. The highest BCUT2D eigenvalue weighted by Gasteiger charge is 2.71. The molecule has 3 heterocycles. The first kappa shape index (κ1) is 23.5. The maximum absolute atomic E-state index is 14.0. The van der Waals surface area contributed by atoms with E-state index in [9.17, 15) is 14.4 Å². The van der Waals surface area contributed by atoms with Gasteiger partial charge in [-0.1, -0.05) is 13.3 Å². The van der Waals surface area contributed by atoms with Crippen molar-refractivity contribution in [3.63, 3.8) is 0 Å². The van der Waals surface area contributed by atoms with Gasteiger partial charge >= 0.3 is 11.9 Å². The lowest BCUT2D eigenvalue weighted by molar-refractivity contribution is -0.243. The second-order valence-corrected chi connectivity index (χ2v) is 10.2. The average molecular weight is 477 g/mol. The number of carbonyl (C=O) groups excluding carboxylic acids is 3. The molecule has 186 valence electrons. The van der Waals surface area contributed by atoms with Gasteiger partial charge in [0.05, 0.1) is 31.2 Å². The number of fused-ring (bicyclic) bond motifs is 3. The van der Waals surface area contributed by atoms with E-state index in [0.29, 0.717) is 19.4 Å². The molecular weight excluding hydrogens is 444 g/mol. The van der Waals surface area contributed by atoms with Crippen molar-refractivity contribution in [2.24, 2.45) is 23.2 Å². The Labute approximate surface area is 198 Å². The summed E-state index contributed by atoms with van der Waals surface area (Å²) in [7, 11) is 0. The summed E-state index contributed by atoms with van der Waals surface area (Å²) in [5, 5.41) is 0. The Bertz CT molecular complexity index is 954. The van der Waals surface area contributed by atoms with Crippen LogP contribution in [0.3, 0.4) is 0 Å². The number of Topliss-reactive ketones (excluding diaryl/α,β-unsaturated/α-hetero) is 1. The van der Waals surface area contributed by atoms with Gasteiger partial charge in [-0.05, 0) is 38.2 Å². The number of rotatable bonds is 3. The molecule has 2 saturated carbocycles. The van der Waals surface area contributed by atoms with E-state index >= 15 is 0 Å². The molecule has 2 spiro atoms. The van der Waals surface area contributed by atoms with Crippen LogP contribution in [0.2, 0.25) is 0 Å². The lowest BCUT2D eigenvalue weighted by Crippen LogP contribution is -2.67. The number of ether oxygens (including phenoxy) is 5. The van der Waals surface area contributed by atoms with E-state index in [2.05, 4.69) is 0 Å². The fourth-order valence-corrected chi connectivity index (χ4v) is 7.09. The lowest BCUT2D eigenvalue weighted by Gasteiger charge is -2.58. The van der Waals surface area contributed by atoms with E-state index in [1.54, 1.807) is 12.5 Å². The van der Waals surface area contributed by atoms with Crippen LogP contribution in [0.1, 0.15) is 65.0 Å². The van der Waals surface area contributed by atoms with Gasteiger partial charge in [-0.15, -0.1) is 0 Å². The summed E-state index contributed by atoms with van der Waals surface area (Å²) < 4.78 is 35.2. The molecule has 9 heteroatoms. The van der Waals surface area contributed by atoms with Crippen molar-refractivity contribution in [3.05, 3.63) is 24.2 Å². The first-order valence-electron chi connectivity index (χ1n) is 12.0. The minimum absolute atomic E-state index is 0.149. The average Bonchev–Trinajstić information content (AvgIpc) is 3.50. The van der Waals surface area contributed by atoms with Crippen molar-refractivity contribution in [2.75, 3.05) is 6.61 Å². The Morgan fingerprint density at radius 3 is 2.53 bits per heavy atom. The van der Waals surface area contributed by atoms with Crippen molar-refractivity contribution >= 4 is 17.7 Å². The maximum Gasteiger partial charge on any atom is 0.304 e. The van der Waals surface area contributed by atoms with Crippen LogP contribution in [0.4, 0.5) is 0 Å². The summed E-state index contributed by atoms with van der Waals surface area (Å²) in [6, 6.07) is 1.83. The number of esters is 2. The molecule has 1 aromatic heterocycles. The van der Waals surface area contributed by atoms with Crippen LogP contribution in [0.15, 0.2) is 23.0 Å². The molecular formula is C25H32O9. The molecule has 4 fully saturated rings. The molecule has 9 nitrogen and oxygen atoms in total. The van der Waals surface area contributed by atoms with E-state index in [-0.39, 0.29) is 11.7 Å². The van der Waals surface area contributed by atoms with Gasteiger partial charge < -0.3 is 28.1 Å². The number of hydrogen-bond donors (Lipinski definition) is 0. The highest BCUT2D eigenvalue weighted by Crippen LogP contribution is 2.65. The summed E-state index contributed by atoms with van der Waals surface area (Å²) in [6.07, 6.45) is 3.19. The molecule has 1 aromatic rings. The molecule has 2 aliphatic carbocycles. The zero-order chi connectivity index (χ0) is 24.3. The van der Waals surface area contributed by atoms with Crippen molar-refractivity contribution in [2.45, 2.75) is 83.8 Å². The normalized spacial score (nSPS) is 43.8. The standard InChI is InChI=1S/C25H32O9/c1-13-22(31-14(2)26)21(28)20-18(6-5-8-24(20)12-30-16(4)34-24)25(13)10-19(17-7-9-29-11-17)33-23(25)32-15(3)27/h7,9,11,13,16,18-20,22-23H,5-6,8,10,12H2,1-4H3/t13-,16+,18+,19+,20-,22-,23-,24-,25-/m1/s1. The molecule has 4 aliphatic rings. The summed E-state index contributed by atoms with van der Waals surface area (Å²) in [5.74, 6) is -2.37. The first-order valence-corrected chi connectivity index (χ1v) is 12.0. The van der Waals surface area contributed by atoms with Crippen LogP contribution >= 0.6 is 0 Å². The minimum atomic E-state index is -1.00. The monoisotopic (exact) mass is 476 g/mol. The van der Waals surface area contributed by atoms with Crippen molar-refractivity contribution < 1.29 is 42.5 Å². The minimum Gasteiger partial charge on any atom is -0.472 e. The number of furan rings is 1. The van der Waals surface area contributed by atoms with E-state index < -0.39 is 59.6 Å². The number of ketones is 1. The molecule has 0 aromatic carbocycles. The zero-order valence-electron chi connectivity index (χ0n) is 20.0. The second kappa shape index (κ2) is 8.46. The van der Waals surface area contributed by atoms with Gasteiger partial charge in [0, 0.05) is 30.7 Å². The fraction of sp³-hybridized carbons (Fsp3) is 0.720. The maximum atomic E-state index is 14.0. The van der Waals surface area contributed by atoms with E-state index in [1.807, 2.05) is 19.9 Å². The summed E-state index contributed by atoms with van der Waals surface area (Å²) in [4.78, 5) is 38.2. The molecule has 9 atom stereocenters. The molecule has 2 aliphatic heterocycles. The fourth-order valence-electron chi connectivity index (χ4n) is 7.09. The third-order valence-electron chi connectivity index (χ3n) is 8.37. The van der Waals surface area contributed by atoms with Gasteiger partial charge in [0.15, 0.2) is 18.2 Å². The third-order valence-corrected chi connectivity index (χ3v) is 8.37. The number of hydrogen-bond acceptors (Lipinski definition) is 9.